The van der Waals surface area contributed by atoms with Gasteiger partial charge < -0.3 is 10.7 Å². The standard InChI is InChI=1S/C17H21N3O2S/c1-23-14-5-4-11-7-13(17(22)19-15(11)8-14)10-20-6-2-3-12(9-20)16(18)21/h4-5,7-8,12H,2-3,6,9-10H2,1H3,(H2,18,21)(H,19,22). The molecule has 1 aliphatic heterocycles. The molecule has 1 aromatic heterocycles. The van der Waals surface area contributed by atoms with E-state index in [1.165, 1.54) is 0 Å². The molecule has 1 aliphatic rings. The average Bonchev–Trinajstić information content (AvgIpc) is 2.55. The van der Waals surface area contributed by atoms with Gasteiger partial charge in [0.1, 0.15) is 0 Å². The molecule has 0 saturated carbocycles. The van der Waals surface area contributed by atoms with E-state index in [0.29, 0.717) is 13.1 Å². The van der Waals surface area contributed by atoms with Gasteiger partial charge in [0.25, 0.3) is 5.56 Å². The first kappa shape index (κ1) is 16.1. The number of fused-ring (bicyclic) bond motifs is 1. The van der Waals surface area contributed by atoms with Crippen LogP contribution in [0.3, 0.4) is 0 Å². The van der Waals surface area contributed by atoms with Crippen LogP contribution in [0.25, 0.3) is 10.9 Å². The molecule has 1 fully saturated rings. The molecule has 1 saturated heterocycles. The monoisotopic (exact) mass is 331 g/mol. The maximum absolute atomic E-state index is 12.3. The van der Waals surface area contributed by atoms with Crippen LogP contribution in [0.2, 0.25) is 0 Å². The molecule has 2 heterocycles. The number of nitrogens with one attached hydrogen (secondary N) is 1. The minimum atomic E-state index is -0.244. The number of benzene rings is 1. The predicted octanol–water partition coefficient (Wildman–Crippen LogP) is 1.95. The van der Waals surface area contributed by atoms with Crippen LogP contribution in [0.15, 0.2) is 34.0 Å². The number of carbonyl (C=O) groups is 1. The van der Waals surface area contributed by atoms with E-state index >= 15 is 0 Å². The molecule has 5 nitrogen and oxygen atoms in total. The summed E-state index contributed by atoms with van der Waals surface area (Å²) in [6.07, 6.45) is 3.80. The fraction of sp³-hybridized carbons (Fsp3) is 0.412. The van der Waals surface area contributed by atoms with Crippen molar-refractivity contribution in [2.75, 3.05) is 19.3 Å². The number of piperidine rings is 1. The number of nitrogens with two attached hydrogens (primary N) is 1. The summed E-state index contributed by atoms with van der Waals surface area (Å²) in [7, 11) is 0. The Bertz CT molecular complexity index is 787. The van der Waals surface area contributed by atoms with Crippen LogP contribution in [0.1, 0.15) is 18.4 Å². The van der Waals surface area contributed by atoms with Crippen molar-refractivity contribution in [3.05, 3.63) is 40.2 Å². The third-order valence-electron chi connectivity index (χ3n) is 4.43. The van der Waals surface area contributed by atoms with Gasteiger partial charge in [-0.2, -0.15) is 0 Å². The Balaban J connectivity index is 1.84. The number of rotatable bonds is 4. The minimum Gasteiger partial charge on any atom is -0.369 e. The second-order valence-electron chi connectivity index (χ2n) is 6.05. The quantitative estimate of drug-likeness (QED) is 0.839. The zero-order chi connectivity index (χ0) is 16.4. The number of nitrogens with zero attached hydrogens (tertiary/aromatic N) is 1. The Morgan fingerprint density at radius 1 is 1.43 bits per heavy atom. The number of aromatic amines is 1. The molecule has 1 aromatic carbocycles. The SMILES string of the molecule is CSc1ccc2cc(CN3CCCC(C(N)=O)C3)c(=O)[nH]c2c1. The van der Waals surface area contributed by atoms with Gasteiger partial charge in [-0.1, -0.05) is 6.07 Å². The maximum Gasteiger partial charge on any atom is 0.252 e. The van der Waals surface area contributed by atoms with Crippen molar-refractivity contribution < 1.29 is 4.79 Å². The highest BCUT2D eigenvalue weighted by molar-refractivity contribution is 7.98. The number of carbonyl (C=O) groups excluding carboxylic acids is 1. The molecule has 3 N–H and O–H groups in total. The van der Waals surface area contributed by atoms with E-state index in [-0.39, 0.29) is 17.4 Å². The highest BCUT2D eigenvalue weighted by atomic mass is 32.2. The van der Waals surface area contributed by atoms with Crippen LogP contribution in [0.5, 0.6) is 0 Å². The second-order valence-corrected chi connectivity index (χ2v) is 6.93. The summed E-state index contributed by atoms with van der Waals surface area (Å²) in [6.45, 7) is 2.09. The summed E-state index contributed by atoms with van der Waals surface area (Å²) in [5, 5.41) is 1.03. The van der Waals surface area contributed by atoms with Crippen LogP contribution in [-0.4, -0.2) is 35.1 Å². The third kappa shape index (κ3) is 3.59. The fourth-order valence-corrected chi connectivity index (χ4v) is 3.58. The van der Waals surface area contributed by atoms with Gasteiger partial charge in [-0.3, -0.25) is 14.5 Å². The molecule has 2 aromatic rings. The van der Waals surface area contributed by atoms with E-state index < -0.39 is 0 Å². The zero-order valence-corrected chi connectivity index (χ0v) is 14.0. The molecule has 1 atom stereocenters. The van der Waals surface area contributed by atoms with E-state index in [2.05, 4.69) is 16.0 Å². The smallest absolute Gasteiger partial charge is 0.252 e. The number of hydrogen-bond donors (Lipinski definition) is 2. The fourth-order valence-electron chi connectivity index (χ4n) is 3.14. The summed E-state index contributed by atoms with van der Waals surface area (Å²) in [6, 6.07) is 8.03. The Kier molecular flexibility index (Phi) is 4.73. The summed E-state index contributed by atoms with van der Waals surface area (Å²) in [5.41, 5.74) is 6.96. The number of amides is 1. The number of pyridine rings is 1. The van der Waals surface area contributed by atoms with Crippen molar-refractivity contribution in [3.8, 4) is 0 Å². The Morgan fingerprint density at radius 3 is 3.00 bits per heavy atom. The molecule has 1 amide bonds. The minimum absolute atomic E-state index is 0.0584. The number of likely N-dealkylation sites (tertiary alicyclic amines) is 1. The largest absolute Gasteiger partial charge is 0.369 e. The summed E-state index contributed by atoms with van der Waals surface area (Å²) in [4.78, 5) is 30.0. The number of aromatic nitrogens is 1. The Morgan fingerprint density at radius 2 is 2.26 bits per heavy atom. The summed E-state index contributed by atoms with van der Waals surface area (Å²) >= 11 is 1.65. The zero-order valence-electron chi connectivity index (χ0n) is 13.2. The van der Waals surface area contributed by atoms with Gasteiger partial charge in [-0.25, -0.2) is 0 Å². The van der Waals surface area contributed by atoms with Crippen molar-refractivity contribution in [2.45, 2.75) is 24.3 Å². The van der Waals surface area contributed by atoms with Crippen LogP contribution < -0.4 is 11.3 Å². The lowest BCUT2D eigenvalue weighted by Gasteiger charge is -2.30. The molecule has 122 valence electrons. The molecular weight excluding hydrogens is 310 g/mol. The first-order chi connectivity index (χ1) is 11.1. The van der Waals surface area contributed by atoms with Crippen molar-refractivity contribution >= 4 is 28.6 Å². The highest BCUT2D eigenvalue weighted by Crippen LogP contribution is 2.21. The predicted molar refractivity (Wildman–Crippen MR) is 93.5 cm³/mol. The van der Waals surface area contributed by atoms with E-state index in [4.69, 9.17) is 5.73 Å². The molecule has 0 bridgehead atoms. The summed E-state index contributed by atoms with van der Waals surface area (Å²) in [5.74, 6) is -0.348. The lowest BCUT2D eigenvalue weighted by molar-refractivity contribution is -0.123. The second kappa shape index (κ2) is 6.76. The maximum atomic E-state index is 12.3. The van der Waals surface area contributed by atoms with E-state index in [1.54, 1.807) is 11.8 Å². The molecule has 23 heavy (non-hydrogen) atoms. The average molecular weight is 331 g/mol. The van der Waals surface area contributed by atoms with Crippen LogP contribution >= 0.6 is 11.8 Å². The van der Waals surface area contributed by atoms with Gasteiger partial charge in [0.05, 0.1) is 5.92 Å². The molecule has 0 aliphatic carbocycles. The van der Waals surface area contributed by atoms with Gasteiger partial charge >= 0.3 is 0 Å². The lowest BCUT2D eigenvalue weighted by atomic mass is 9.97. The van der Waals surface area contributed by atoms with Crippen LogP contribution in [-0.2, 0) is 11.3 Å². The van der Waals surface area contributed by atoms with Crippen LogP contribution in [0.4, 0.5) is 0 Å². The molecule has 3 rings (SSSR count). The molecule has 6 heteroatoms. The third-order valence-corrected chi connectivity index (χ3v) is 5.16. The van der Waals surface area contributed by atoms with E-state index in [9.17, 15) is 9.59 Å². The number of thioether (sulfide) groups is 1. The topological polar surface area (TPSA) is 79.2 Å². The van der Waals surface area contributed by atoms with Gasteiger partial charge in [-0.15, -0.1) is 11.8 Å². The van der Waals surface area contributed by atoms with Crippen molar-refractivity contribution in [2.24, 2.45) is 11.7 Å². The van der Waals surface area contributed by atoms with E-state index in [1.807, 2.05) is 24.5 Å². The van der Waals surface area contributed by atoms with Gasteiger partial charge in [-0.05, 0) is 49.2 Å². The van der Waals surface area contributed by atoms with Crippen molar-refractivity contribution in [1.82, 2.24) is 9.88 Å². The number of hydrogen-bond acceptors (Lipinski definition) is 4. The van der Waals surface area contributed by atoms with Crippen molar-refractivity contribution in [3.63, 3.8) is 0 Å². The van der Waals surface area contributed by atoms with Gasteiger partial charge in [0.15, 0.2) is 0 Å². The number of primary amides is 1. The molecule has 1 unspecified atom stereocenters. The highest BCUT2D eigenvalue weighted by Gasteiger charge is 2.24. The van der Waals surface area contributed by atoms with Crippen LogP contribution in [0, 0.1) is 5.92 Å². The van der Waals surface area contributed by atoms with Crippen molar-refractivity contribution in [1.29, 1.82) is 0 Å². The number of H-pyrrole nitrogens is 1. The Labute approximate surface area is 139 Å². The Hall–Kier alpha value is -1.79. The molecule has 0 spiro atoms. The van der Waals surface area contributed by atoms with Gasteiger partial charge in [0.2, 0.25) is 5.91 Å². The lowest BCUT2D eigenvalue weighted by Crippen LogP contribution is -2.41. The normalized spacial score (nSPS) is 19.1. The van der Waals surface area contributed by atoms with E-state index in [0.717, 1.165) is 40.7 Å². The summed E-state index contributed by atoms with van der Waals surface area (Å²) < 4.78 is 0. The molecule has 0 radical (unpaired) electrons. The first-order valence-corrected chi connectivity index (χ1v) is 9.01. The first-order valence-electron chi connectivity index (χ1n) is 7.78. The van der Waals surface area contributed by atoms with Gasteiger partial charge in [0, 0.05) is 29.1 Å². The molecular formula is C17H21N3O2S.